The van der Waals surface area contributed by atoms with Gasteiger partial charge in [-0.15, -0.1) is 0 Å². The number of rotatable bonds is 7. The topological polar surface area (TPSA) is 43.4 Å². The summed E-state index contributed by atoms with van der Waals surface area (Å²) in [6, 6.07) is 0. The van der Waals surface area contributed by atoms with Gasteiger partial charge in [0.2, 0.25) is 0 Å². The Kier molecular flexibility index (Phi) is 8.87. The second-order valence-electron chi connectivity index (χ2n) is 9.20. The summed E-state index contributed by atoms with van der Waals surface area (Å²) in [5.74, 6) is -0.605. The van der Waals surface area contributed by atoms with Crippen molar-refractivity contribution in [3.8, 4) is 0 Å². The monoisotopic (exact) mass is 384 g/mol. The molecular weight excluding hydrogens is 348 g/mol. The van der Waals surface area contributed by atoms with Gasteiger partial charge in [-0.2, -0.15) is 0 Å². The van der Waals surface area contributed by atoms with E-state index in [4.69, 9.17) is 4.74 Å². The van der Waals surface area contributed by atoms with E-state index in [-0.39, 0.29) is 17.8 Å². The van der Waals surface area contributed by atoms with Crippen LogP contribution in [0, 0.1) is 10.8 Å². The van der Waals surface area contributed by atoms with Crippen LogP contribution in [-0.4, -0.2) is 18.4 Å². The van der Waals surface area contributed by atoms with Gasteiger partial charge in [0.05, 0.1) is 0 Å². The van der Waals surface area contributed by atoms with Crippen molar-refractivity contribution in [2.24, 2.45) is 10.8 Å². The van der Waals surface area contributed by atoms with Crippen molar-refractivity contribution in [1.82, 2.24) is 0 Å². The van der Waals surface area contributed by atoms with E-state index in [9.17, 15) is 9.59 Å². The number of carbonyl (C=O) groups excluding carboxylic acids is 2. The Balaban J connectivity index is 2.54. The lowest BCUT2D eigenvalue weighted by Gasteiger charge is -2.32. The zero-order valence-electron chi connectivity index (χ0n) is 18.6. The van der Waals surface area contributed by atoms with Gasteiger partial charge in [-0.05, 0) is 44.1 Å². The standard InChI is InChI=1S/C25H36O3/c1-19(15-16-21-20(2)13-11-17-25(21,6)7)12-9-8-10-14-23(27)28-18-22(26)24(3,4)5/h8-10,12,14-16H,11,13,17-18H2,1-7H3/b9-8+,14-10+,16-15+,19-12+. The predicted molar refractivity (Wildman–Crippen MR) is 117 cm³/mol. The maximum atomic E-state index is 11.7. The van der Waals surface area contributed by atoms with E-state index in [1.807, 2.05) is 12.2 Å². The highest BCUT2D eigenvalue weighted by Gasteiger charge is 2.26. The largest absolute Gasteiger partial charge is 0.455 e. The summed E-state index contributed by atoms with van der Waals surface area (Å²) in [4.78, 5) is 23.3. The lowest BCUT2D eigenvalue weighted by atomic mass is 9.72. The lowest BCUT2D eigenvalue weighted by Crippen LogP contribution is -2.25. The van der Waals surface area contributed by atoms with Crippen LogP contribution in [0.2, 0.25) is 0 Å². The fourth-order valence-corrected chi connectivity index (χ4v) is 3.09. The average Bonchev–Trinajstić information content (AvgIpc) is 2.57. The van der Waals surface area contributed by atoms with Gasteiger partial charge in [-0.25, -0.2) is 4.79 Å². The Morgan fingerprint density at radius 1 is 1.11 bits per heavy atom. The minimum atomic E-state index is -0.509. The van der Waals surface area contributed by atoms with Gasteiger partial charge in [0, 0.05) is 11.5 Å². The molecule has 0 aliphatic heterocycles. The highest BCUT2D eigenvalue weighted by Crippen LogP contribution is 2.40. The summed E-state index contributed by atoms with van der Waals surface area (Å²) in [6.45, 7) is 14.1. The molecule has 0 atom stereocenters. The average molecular weight is 385 g/mol. The maximum Gasteiger partial charge on any atom is 0.331 e. The molecule has 0 aromatic heterocycles. The lowest BCUT2D eigenvalue weighted by molar-refractivity contribution is -0.145. The molecule has 28 heavy (non-hydrogen) atoms. The summed E-state index contributed by atoms with van der Waals surface area (Å²) in [7, 11) is 0. The Morgan fingerprint density at radius 3 is 2.39 bits per heavy atom. The molecule has 0 aromatic rings. The van der Waals surface area contributed by atoms with E-state index in [2.05, 4.69) is 39.8 Å². The molecule has 154 valence electrons. The molecule has 0 unspecified atom stereocenters. The van der Waals surface area contributed by atoms with E-state index in [0.717, 1.165) is 5.57 Å². The van der Waals surface area contributed by atoms with Crippen molar-refractivity contribution in [2.75, 3.05) is 6.61 Å². The first-order valence-corrected chi connectivity index (χ1v) is 10.0. The van der Waals surface area contributed by atoms with Crippen LogP contribution < -0.4 is 0 Å². The van der Waals surface area contributed by atoms with Crippen molar-refractivity contribution in [2.45, 2.75) is 67.7 Å². The van der Waals surface area contributed by atoms with Gasteiger partial charge in [-0.1, -0.05) is 82.2 Å². The smallest absolute Gasteiger partial charge is 0.331 e. The third-order valence-corrected chi connectivity index (χ3v) is 5.05. The Labute approximate surface area is 170 Å². The molecule has 0 saturated heterocycles. The van der Waals surface area contributed by atoms with Crippen LogP contribution >= 0.6 is 0 Å². The second-order valence-corrected chi connectivity index (χ2v) is 9.20. The molecule has 0 N–H and O–H groups in total. The number of carbonyl (C=O) groups is 2. The van der Waals surface area contributed by atoms with E-state index in [0.29, 0.717) is 0 Å². The molecule has 0 fully saturated rings. The van der Waals surface area contributed by atoms with Crippen LogP contribution in [0.1, 0.15) is 67.7 Å². The molecule has 0 radical (unpaired) electrons. The molecule has 3 nitrogen and oxygen atoms in total. The van der Waals surface area contributed by atoms with Crippen molar-refractivity contribution in [3.05, 3.63) is 59.3 Å². The fourth-order valence-electron chi connectivity index (χ4n) is 3.09. The van der Waals surface area contributed by atoms with Crippen molar-refractivity contribution >= 4 is 11.8 Å². The highest BCUT2D eigenvalue weighted by molar-refractivity contribution is 5.89. The highest BCUT2D eigenvalue weighted by atomic mass is 16.5. The van der Waals surface area contributed by atoms with Crippen LogP contribution in [0.4, 0.5) is 0 Å². The number of esters is 1. The van der Waals surface area contributed by atoms with Crippen molar-refractivity contribution in [3.63, 3.8) is 0 Å². The van der Waals surface area contributed by atoms with Crippen LogP contribution in [0.15, 0.2) is 59.3 Å². The van der Waals surface area contributed by atoms with Crippen LogP contribution in [0.3, 0.4) is 0 Å². The predicted octanol–water partition coefficient (Wildman–Crippen LogP) is 6.29. The Bertz CT molecular complexity index is 719. The van der Waals surface area contributed by atoms with Crippen LogP contribution in [0.25, 0.3) is 0 Å². The number of hydrogen-bond donors (Lipinski definition) is 0. The van der Waals surface area contributed by atoms with Gasteiger partial charge in [0.1, 0.15) is 0 Å². The van der Waals surface area contributed by atoms with Crippen molar-refractivity contribution in [1.29, 1.82) is 0 Å². The van der Waals surface area contributed by atoms with Crippen molar-refractivity contribution < 1.29 is 14.3 Å². The molecule has 1 rings (SSSR count). The van der Waals surface area contributed by atoms with E-state index in [1.54, 1.807) is 32.9 Å². The Morgan fingerprint density at radius 2 is 1.79 bits per heavy atom. The summed E-state index contributed by atoms with van der Waals surface area (Å²) >= 11 is 0. The van der Waals surface area contributed by atoms with Gasteiger partial charge >= 0.3 is 5.97 Å². The Hall–Kier alpha value is -2.16. The fraction of sp³-hybridized carbons (Fsp3) is 0.520. The molecule has 0 saturated carbocycles. The second kappa shape index (κ2) is 10.4. The number of allylic oxidation sites excluding steroid dienone is 9. The zero-order chi connectivity index (χ0) is 21.4. The zero-order valence-corrected chi connectivity index (χ0v) is 18.6. The third kappa shape index (κ3) is 8.24. The minimum absolute atomic E-state index is 0.0957. The number of ether oxygens (including phenoxy) is 1. The maximum absolute atomic E-state index is 11.7. The quantitative estimate of drug-likeness (QED) is 0.294. The number of Topliss-reactive ketones (excluding diaryl/α,β-unsaturated/α-hetero) is 1. The van der Waals surface area contributed by atoms with Gasteiger partial charge in [0.15, 0.2) is 12.4 Å². The summed E-state index contributed by atoms with van der Waals surface area (Å²) in [5, 5.41) is 0. The molecule has 0 heterocycles. The van der Waals surface area contributed by atoms with E-state index < -0.39 is 11.4 Å². The third-order valence-electron chi connectivity index (χ3n) is 5.05. The summed E-state index contributed by atoms with van der Waals surface area (Å²) in [5.41, 5.74) is 3.82. The van der Waals surface area contributed by atoms with Crippen LogP contribution in [0.5, 0.6) is 0 Å². The number of ketones is 1. The molecule has 1 aliphatic rings. The number of hydrogen-bond acceptors (Lipinski definition) is 3. The van der Waals surface area contributed by atoms with E-state index in [1.165, 1.54) is 36.5 Å². The minimum Gasteiger partial charge on any atom is -0.455 e. The molecule has 0 aromatic carbocycles. The first-order valence-electron chi connectivity index (χ1n) is 10.0. The summed E-state index contributed by atoms with van der Waals surface area (Å²) in [6.07, 6.45) is 16.7. The molecular formula is C25H36O3. The SMILES string of the molecule is CC1=C(/C=C/C(C)=C/C=C/C=C/C(=O)OCC(=O)C(C)(C)C)C(C)(C)CCC1. The first kappa shape index (κ1) is 23.9. The normalized spacial score (nSPS) is 18.5. The first-order chi connectivity index (χ1) is 12.9. The van der Waals surface area contributed by atoms with E-state index >= 15 is 0 Å². The molecule has 1 aliphatic carbocycles. The molecule has 0 amide bonds. The van der Waals surface area contributed by atoms with Gasteiger partial charge in [-0.3, -0.25) is 4.79 Å². The molecule has 0 spiro atoms. The summed E-state index contributed by atoms with van der Waals surface area (Å²) < 4.78 is 4.95. The molecule has 3 heteroatoms. The van der Waals surface area contributed by atoms with Gasteiger partial charge in [0.25, 0.3) is 0 Å². The molecule has 0 bridgehead atoms. The van der Waals surface area contributed by atoms with Crippen LogP contribution in [-0.2, 0) is 14.3 Å². The van der Waals surface area contributed by atoms with Gasteiger partial charge < -0.3 is 4.74 Å².